The standard InChI is InChI=1S/C22H16N2O2/c23-11-19-9-21(17-5-1-15(13-25)2-6-17)22(10-20(19)12-24)18-7-3-16(14-26)4-8-18/h1-10,25-26H,13-14H2. The monoisotopic (exact) mass is 340 g/mol. The average molecular weight is 340 g/mol. The molecule has 0 saturated carbocycles. The minimum absolute atomic E-state index is 0.0351. The summed E-state index contributed by atoms with van der Waals surface area (Å²) in [4.78, 5) is 0. The average Bonchev–Trinajstić information content (AvgIpc) is 2.73. The van der Waals surface area contributed by atoms with Crippen LogP contribution in [0.25, 0.3) is 22.3 Å². The number of rotatable bonds is 4. The van der Waals surface area contributed by atoms with Gasteiger partial charge in [-0.2, -0.15) is 10.5 Å². The summed E-state index contributed by atoms with van der Waals surface area (Å²) in [5, 5.41) is 37.2. The fraction of sp³-hybridized carbons (Fsp3) is 0.0909. The van der Waals surface area contributed by atoms with Gasteiger partial charge in [-0.25, -0.2) is 0 Å². The number of nitrogens with zero attached hydrogens (tertiary/aromatic N) is 2. The molecule has 2 N–H and O–H groups in total. The molecule has 3 rings (SSSR count). The van der Waals surface area contributed by atoms with Crippen LogP contribution in [0.1, 0.15) is 22.3 Å². The van der Waals surface area contributed by atoms with Crippen LogP contribution < -0.4 is 0 Å². The molecule has 0 spiro atoms. The van der Waals surface area contributed by atoms with E-state index in [9.17, 15) is 20.7 Å². The Labute approximate surface area is 151 Å². The van der Waals surface area contributed by atoms with E-state index in [1.165, 1.54) is 0 Å². The van der Waals surface area contributed by atoms with E-state index in [2.05, 4.69) is 12.1 Å². The molecule has 0 aliphatic rings. The van der Waals surface area contributed by atoms with Crippen LogP contribution in [0, 0.1) is 22.7 Å². The first-order valence-corrected chi connectivity index (χ1v) is 8.08. The molecule has 0 aromatic heterocycles. The van der Waals surface area contributed by atoms with Gasteiger partial charge < -0.3 is 10.2 Å². The summed E-state index contributed by atoms with van der Waals surface area (Å²) < 4.78 is 0. The molecule has 4 nitrogen and oxygen atoms in total. The van der Waals surface area contributed by atoms with Crippen molar-refractivity contribution >= 4 is 0 Å². The molecule has 0 amide bonds. The van der Waals surface area contributed by atoms with Crippen molar-refractivity contribution in [3.05, 3.63) is 82.9 Å². The molecular formula is C22H16N2O2. The molecule has 0 atom stereocenters. The zero-order valence-corrected chi connectivity index (χ0v) is 14.0. The van der Waals surface area contributed by atoms with Gasteiger partial charge in [-0.1, -0.05) is 48.5 Å². The maximum atomic E-state index is 9.37. The first kappa shape index (κ1) is 17.4. The van der Waals surface area contributed by atoms with Gasteiger partial charge in [-0.05, 0) is 45.5 Å². The third kappa shape index (κ3) is 3.34. The quantitative estimate of drug-likeness (QED) is 0.757. The minimum atomic E-state index is -0.0351. The second-order valence-electron chi connectivity index (χ2n) is 5.88. The van der Waals surface area contributed by atoms with Crippen molar-refractivity contribution in [1.29, 1.82) is 10.5 Å². The van der Waals surface area contributed by atoms with Crippen molar-refractivity contribution < 1.29 is 10.2 Å². The summed E-state index contributed by atoms with van der Waals surface area (Å²) in [6, 6.07) is 22.5. The lowest BCUT2D eigenvalue weighted by molar-refractivity contribution is 0.281. The molecule has 4 heteroatoms. The topological polar surface area (TPSA) is 88.0 Å². The van der Waals surface area contributed by atoms with E-state index < -0.39 is 0 Å². The van der Waals surface area contributed by atoms with Crippen LogP contribution in [-0.2, 0) is 13.2 Å². The van der Waals surface area contributed by atoms with Gasteiger partial charge >= 0.3 is 0 Å². The Hall–Kier alpha value is -3.44. The number of aliphatic hydroxyl groups excluding tert-OH is 2. The summed E-state index contributed by atoms with van der Waals surface area (Å²) in [6.07, 6.45) is 0. The predicted octanol–water partition coefficient (Wildman–Crippen LogP) is 3.75. The lowest BCUT2D eigenvalue weighted by Crippen LogP contribution is -1.93. The largest absolute Gasteiger partial charge is 0.392 e. The van der Waals surface area contributed by atoms with E-state index in [-0.39, 0.29) is 13.2 Å². The third-order valence-corrected chi connectivity index (χ3v) is 4.29. The Bertz CT molecular complexity index is 924. The van der Waals surface area contributed by atoms with Crippen LogP contribution in [0.5, 0.6) is 0 Å². The van der Waals surface area contributed by atoms with E-state index >= 15 is 0 Å². The summed E-state index contributed by atoms with van der Waals surface area (Å²) in [5.41, 5.74) is 5.71. The lowest BCUT2D eigenvalue weighted by Gasteiger charge is -2.13. The summed E-state index contributed by atoms with van der Waals surface area (Å²) in [7, 11) is 0. The second kappa shape index (κ2) is 7.63. The van der Waals surface area contributed by atoms with E-state index in [1.54, 1.807) is 12.1 Å². The Balaban J connectivity index is 2.23. The Morgan fingerprint density at radius 1 is 0.615 bits per heavy atom. The minimum Gasteiger partial charge on any atom is -0.392 e. The molecule has 0 unspecified atom stereocenters. The normalized spacial score (nSPS) is 10.2. The maximum absolute atomic E-state index is 9.37. The van der Waals surface area contributed by atoms with Crippen molar-refractivity contribution in [1.82, 2.24) is 0 Å². The first-order valence-electron chi connectivity index (χ1n) is 8.08. The fourth-order valence-electron chi connectivity index (χ4n) is 2.84. The fourth-order valence-corrected chi connectivity index (χ4v) is 2.84. The number of hydrogen-bond donors (Lipinski definition) is 2. The van der Waals surface area contributed by atoms with Crippen molar-refractivity contribution in [2.24, 2.45) is 0 Å². The molecule has 26 heavy (non-hydrogen) atoms. The molecule has 0 saturated heterocycles. The molecule has 126 valence electrons. The Morgan fingerprint density at radius 2 is 0.962 bits per heavy atom. The van der Waals surface area contributed by atoms with Gasteiger partial charge in [0.25, 0.3) is 0 Å². The summed E-state index contributed by atoms with van der Waals surface area (Å²) in [5.74, 6) is 0. The number of benzene rings is 3. The lowest BCUT2D eigenvalue weighted by atomic mass is 9.90. The summed E-state index contributed by atoms with van der Waals surface area (Å²) >= 11 is 0. The van der Waals surface area contributed by atoms with Gasteiger partial charge in [0.2, 0.25) is 0 Å². The highest BCUT2D eigenvalue weighted by molar-refractivity contribution is 5.86. The molecule has 3 aromatic carbocycles. The summed E-state index contributed by atoms with van der Waals surface area (Å²) in [6.45, 7) is -0.0703. The SMILES string of the molecule is N#Cc1cc(-c2ccc(CO)cc2)c(-c2ccc(CO)cc2)cc1C#N. The van der Waals surface area contributed by atoms with Gasteiger partial charge in [0.05, 0.1) is 24.3 Å². The zero-order valence-electron chi connectivity index (χ0n) is 14.0. The van der Waals surface area contributed by atoms with Gasteiger partial charge in [0.15, 0.2) is 0 Å². The zero-order chi connectivity index (χ0) is 18.5. The number of aliphatic hydroxyl groups is 2. The highest BCUT2D eigenvalue weighted by Gasteiger charge is 2.13. The van der Waals surface area contributed by atoms with Crippen LogP contribution in [0.4, 0.5) is 0 Å². The van der Waals surface area contributed by atoms with Crippen molar-refractivity contribution in [3.8, 4) is 34.4 Å². The highest BCUT2D eigenvalue weighted by Crippen LogP contribution is 2.35. The van der Waals surface area contributed by atoms with Crippen molar-refractivity contribution in [2.45, 2.75) is 13.2 Å². The molecule has 0 aliphatic carbocycles. The van der Waals surface area contributed by atoms with Crippen LogP contribution >= 0.6 is 0 Å². The van der Waals surface area contributed by atoms with Gasteiger partial charge in [0, 0.05) is 0 Å². The second-order valence-corrected chi connectivity index (χ2v) is 5.88. The van der Waals surface area contributed by atoms with E-state index in [4.69, 9.17) is 0 Å². The third-order valence-electron chi connectivity index (χ3n) is 4.29. The number of hydrogen-bond acceptors (Lipinski definition) is 4. The van der Waals surface area contributed by atoms with E-state index in [0.29, 0.717) is 11.1 Å². The van der Waals surface area contributed by atoms with Crippen LogP contribution in [-0.4, -0.2) is 10.2 Å². The van der Waals surface area contributed by atoms with Crippen molar-refractivity contribution in [2.75, 3.05) is 0 Å². The van der Waals surface area contributed by atoms with Crippen molar-refractivity contribution in [3.63, 3.8) is 0 Å². The van der Waals surface area contributed by atoms with Gasteiger partial charge in [-0.3, -0.25) is 0 Å². The molecule has 0 heterocycles. The van der Waals surface area contributed by atoms with Gasteiger partial charge in [-0.15, -0.1) is 0 Å². The van der Waals surface area contributed by atoms with Gasteiger partial charge in [0.1, 0.15) is 12.1 Å². The number of nitriles is 2. The van der Waals surface area contributed by atoms with E-state index in [0.717, 1.165) is 33.4 Å². The molecular weight excluding hydrogens is 324 g/mol. The Morgan fingerprint density at radius 3 is 1.23 bits per heavy atom. The maximum Gasteiger partial charge on any atom is 0.101 e. The molecule has 0 aliphatic heterocycles. The molecule has 0 radical (unpaired) electrons. The smallest absolute Gasteiger partial charge is 0.101 e. The van der Waals surface area contributed by atoms with E-state index in [1.807, 2.05) is 48.5 Å². The van der Waals surface area contributed by atoms with Crippen LogP contribution in [0.3, 0.4) is 0 Å². The first-order chi connectivity index (χ1) is 12.7. The molecule has 3 aromatic rings. The van der Waals surface area contributed by atoms with Crippen LogP contribution in [0.15, 0.2) is 60.7 Å². The highest BCUT2D eigenvalue weighted by atomic mass is 16.3. The van der Waals surface area contributed by atoms with Crippen LogP contribution in [0.2, 0.25) is 0 Å². The Kier molecular flexibility index (Phi) is 5.10. The molecule has 0 bridgehead atoms. The molecule has 0 fully saturated rings. The predicted molar refractivity (Wildman–Crippen MR) is 98.6 cm³/mol.